The van der Waals surface area contributed by atoms with E-state index in [1.54, 1.807) is 22.7 Å². The van der Waals surface area contributed by atoms with E-state index in [4.69, 9.17) is 0 Å². The number of hydrogen-bond donors (Lipinski definition) is 1. The number of thioether (sulfide) groups is 1. The molecule has 1 unspecified atom stereocenters. The molecule has 1 aliphatic carbocycles. The van der Waals surface area contributed by atoms with E-state index in [9.17, 15) is 10.1 Å². The lowest BCUT2D eigenvalue weighted by Crippen LogP contribution is -2.22. The lowest BCUT2D eigenvalue weighted by Gasteiger charge is -2.11. The van der Waals surface area contributed by atoms with Gasteiger partial charge in [0.05, 0.1) is 15.7 Å². The number of carbonyl (C=O) groups excluding carboxylic acids is 1. The summed E-state index contributed by atoms with van der Waals surface area (Å²) in [4.78, 5) is 15.1. The first-order chi connectivity index (χ1) is 14.1. The fraction of sp³-hybridized carbons (Fsp3) is 0.400. The lowest BCUT2D eigenvalue weighted by atomic mass is 10.1. The van der Waals surface area contributed by atoms with Gasteiger partial charge in [0, 0.05) is 11.9 Å². The van der Waals surface area contributed by atoms with Crippen molar-refractivity contribution in [1.29, 1.82) is 5.26 Å². The van der Waals surface area contributed by atoms with Crippen molar-refractivity contribution in [2.24, 2.45) is 7.05 Å². The summed E-state index contributed by atoms with van der Waals surface area (Å²) >= 11 is 4.54. The minimum atomic E-state index is -0.359. The van der Waals surface area contributed by atoms with Crippen LogP contribution in [0.5, 0.6) is 0 Å². The highest BCUT2D eigenvalue weighted by molar-refractivity contribution is 8.00. The predicted octanol–water partition coefficient (Wildman–Crippen LogP) is 4.86. The van der Waals surface area contributed by atoms with Crippen molar-refractivity contribution < 1.29 is 4.79 Å². The van der Waals surface area contributed by atoms with Gasteiger partial charge in [-0.05, 0) is 49.6 Å². The third-order valence-corrected chi connectivity index (χ3v) is 8.20. The van der Waals surface area contributed by atoms with E-state index >= 15 is 0 Å². The molecule has 4 rings (SSSR count). The smallest absolute Gasteiger partial charge is 0.238 e. The molecule has 0 aromatic carbocycles. The molecule has 6 nitrogen and oxygen atoms in total. The second-order valence-electron chi connectivity index (χ2n) is 6.97. The summed E-state index contributed by atoms with van der Waals surface area (Å²) in [6.45, 7) is 1.85. The van der Waals surface area contributed by atoms with Crippen molar-refractivity contribution in [3.63, 3.8) is 0 Å². The van der Waals surface area contributed by atoms with Gasteiger partial charge in [0.25, 0.3) is 0 Å². The summed E-state index contributed by atoms with van der Waals surface area (Å²) in [5.74, 6) is 0.674. The Morgan fingerprint density at radius 3 is 2.93 bits per heavy atom. The number of fused-ring (bicyclic) bond motifs is 1. The van der Waals surface area contributed by atoms with Gasteiger partial charge >= 0.3 is 0 Å². The Bertz CT molecular complexity index is 1060. The Kier molecular flexibility index (Phi) is 6.04. The first-order valence-corrected chi connectivity index (χ1v) is 12.1. The predicted molar refractivity (Wildman–Crippen MR) is 119 cm³/mol. The fourth-order valence-corrected chi connectivity index (χ4v) is 6.21. The molecule has 1 atom stereocenters. The van der Waals surface area contributed by atoms with Crippen LogP contribution in [0.4, 0.5) is 5.00 Å². The summed E-state index contributed by atoms with van der Waals surface area (Å²) in [6, 6.07) is 6.30. The summed E-state index contributed by atoms with van der Waals surface area (Å²) in [7, 11) is 1.91. The van der Waals surface area contributed by atoms with Crippen molar-refractivity contribution in [1.82, 2.24) is 14.8 Å². The Labute approximate surface area is 182 Å². The van der Waals surface area contributed by atoms with Gasteiger partial charge in [0.15, 0.2) is 11.0 Å². The number of carbonyl (C=O) groups is 1. The van der Waals surface area contributed by atoms with Crippen molar-refractivity contribution >= 4 is 45.3 Å². The van der Waals surface area contributed by atoms with E-state index in [0.29, 0.717) is 15.7 Å². The molecule has 1 aliphatic rings. The van der Waals surface area contributed by atoms with Crippen LogP contribution >= 0.6 is 34.4 Å². The van der Waals surface area contributed by atoms with Crippen LogP contribution < -0.4 is 5.32 Å². The zero-order valence-electron chi connectivity index (χ0n) is 16.3. The largest absolute Gasteiger partial charge is 0.316 e. The molecule has 0 fully saturated rings. The second-order valence-corrected chi connectivity index (χ2v) is 10.3. The highest BCUT2D eigenvalue weighted by Gasteiger charge is 2.24. The van der Waals surface area contributed by atoms with Crippen molar-refractivity contribution in [3.05, 3.63) is 33.5 Å². The first kappa shape index (κ1) is 20.1. The zero-order valence-corrected chi connectivity index (χ0v) is 18.7. The van der Waals surface area contributed by atoms with E-state index in [0.717, 1.165) is 41.9 Å². The van der Waals surface area contributed by atoms with Crippen LogP contribution in [0.25, 0.3) is 10.7 Å². The van der Waals surface area contributed by atoms with Crippen LogP contribution in [0.1, 0.15) is 42.2 Å². The van der Waals surface area contributed by atoms with E-state index in [1.807, 2.05) is 36.1 Å². The standard InChI is InChI=1S/C20H21N5OS3/c1-12(28-20-24-23-17(25(20)2)16-9-6-10-27-16)18(26)22-19-14(11-21)13-7-4-3-5-8-15(13)29-19/h6,9-10,12H,3-5,7-8H2,1-2H3,(H,22,26). The monoisotopic (exact) mass is 443 g/mol. The minimum absolute atomic E-state index is 0.122. The minimum Gasteiger partial charge on any atom is -0.316 e. The highest BCUT2D eigenvalue weighted by atomic mass is 32.2. The molecule has 0 saturated carbocycles. The van der Waals surface area contributed by atoms with Gasteiger partial charge in [0.1, 0.15) is 11.1 Å². The molecule has 3 aromatic heterocycles. The topological polar surface area (TPSA) is 83.6 Å². The molecule has 29 heavy (non-hydrogen) atoms. The van der Waals surface area contributed by atoms with E-state index in [2.05, 4.69) is 21.6 Å². The molecule has 3 heterocycles. The number of anilines is 1. The number of rotatable bonds is 5. The number of amides is 1. The average Bonchev–Trinajstić information content (AvgIpc) is 3.39. The molecular formula is C20H21N5OS3. The summed E-state index contributed by atoms with van der Waals surface area (Å²) < 4.78 is 1.91. The molecular weight excluding hydrogens is 422 g/mol. The Balaban J connectivity index is 1.48. The van der Waals surface area contributed by atoms with E-state index < -0.39 is 0 Å². The van der Waals surface area contributed by atoms with Gasteiger partial charge in [-0.1, -0.05) is 24.2 Å². The van der Waals surface area contributed by atoms with Crippen LogP contribution in [0, 0.1) is 11.3 Å². The molecule has 0 radical (unpaired) electrons. The maximum Gasteiger partial charge on any atom is 0.238 e. The normalized spacial score (nSPS) is 14.7. The fourth-order valence-electron chi connectivity index (χ4n) is 3.41. The van der Waals surface area contributed by atoms with Gasteiger partial charge in [0.2, 0.25) is 5.91 Å². The number of hydrogen-bond acceptors (Lipinski definition) is 7. The van der Waals surface area contributed by atoms with Crippen molar-refractivity contribution in [3.8, 4) is 16.8 Å². The van der Waals surface area contributed by atoms with Crippen LogP contribution in [-0.4, -0.2) is 25.9 Å². The van der Waals surface area contributed by atoms with Crippen LogP contribution in [0.3, 0.4) is 0 Å². The maximum absolute atomic E-state index is 12.8. The molecule has 0 spiro atoms. The van der Waals surface area contributed by atoms with Gasteiger partial charge in [-0.25, -0.2) is 0 Å². The summed E-state index contributed by atoms with van der Waals surface area (Å²) in [6.07, 6.45) is 5.39. The zero-order chi connectivity index (χ0) is 20.4. The summed E-state index contributed by atoms with van der Waals surface area (Å²) in [5, 5.41) is 24.2. The number of nitriles is 1. The lowest BCUT2D eigenvalue weighted by molar-refractivity contribution is -0.115. The molecule has 0 aliphatic heterocycles. The maximum atomic E-state index is 12.8. The molecule has 3 aromatic rings. The second kappa shape index (κ2) is 8.69. The van der Waals surface area contributed by atoms with E-state index in [-0.39, 0.29) is 11.2 Å². The molecule has 1 N–H and O–H groups in total. The van der Waals surface area contributed by atoms with Gasteiger partial charge in [-0.15, -0.1) is 32.9 Å². The highest BCUT2D eigenvalue weighted by Crippen LogP contribution is 2.37. The van der Waals surface area contributed by atoms with Crippen molar-refractivity contribution in [2.75, 3.05) is 5.32 Å². The third-order valence-electron chi connectivity index (χ3n) is 5.00. The molecule has 1 amide bonds. The molecule has 0 saturated heterocycles. The van der Waals surface area contributed by atoms with Crippen LogP contribution in [-0.2, 0) is 24.7 Å². The van der Waals surface area contributed by atoms with Gasteiger partial charge in [-0.2, -0.15) is 5.26 Å². The Hall–Kier alpha value is -2.15. The van der Waals surface area contributed by atoms with E-state index in [1.165, 1.54) is 23.1 Å². The first-order valence-electron chi connectivity index (χ1n) is 9.54. The van der Waals surface area contributed by atoms with Crippen molar-refractivity contribution in [2.45, 2.75) is 49.4 Å². The number of aryl methyl sites for hydroxylation is 1. The Morgan fingerprint density at radius 1 is 1.34 bits per heavy atom. The van der Waals surface area contributed by atoms with Gasteiger partial charge in [-0.3, -0.25) is 4.79 Å². The average molecular weight is 444 g/mol. The SMILES string of the molecule is CC(Sc1nnc(-c2cccs2)n1C)C(=O)Nc1sc2c(c1C#N)CCCCC2. The number of nitrogens with one attached hydrogen (secondary N) is 1. The number of aromatic nitrogens is 3. The quantitative estimate of drug-likeness (QED) is 0.449. The number of thiophene rings is 2. The van der Waals surface area contributed by atoms with Crippen LogP contribution in [0.15, 0.2) is 22.7 Å². The van der Waals surface area contributed by atoms with Gasteiger partial charge < -0.3 is 9.88 Å². The Morgan fingerprint density at radius 2 is 2.17 bits per heavy atom. The third kappa shape index (κ3) is 4.10. The van der Waals surface area contributed by atoms with Crippen LogP contribution in [0.2, 0.25) is 0 Å². The molecule has 9 heteroatoms. The number of nitrogens with zero attached hydrogens (tertiary/aromatic N) is 4. The summed E-state index contributed by atoms with van der Waals surface area (Å²) in [5.41, 5.74) is 1.79. The molecule has 150 valence electrons. The molecule has 0 bridgehead atoms.